The molecular formula is C16H17N7O. The van der Waals surface area contributed by atoms with E-state index in [1.807, 2.05) is 48.5 Å². The molecule has 122 valence electrons. The first-order valence-electron chi connectivity index (χ1n) is 7.41. The molecule has 0 bridgehead atoms. The zero-order valence-electron chi connectivity index (χ0n) is 13.2. The van der Waals surface area contributed by atoms with E-state index >= 15 is 0 Å². The molecule has 3 aromatic rings. The molecule has 8 heteroatoms. The highest BCUT2D eigenvalue weighted by atomic mass is 16.6. The van der Waals surface area contributed by atoms with Crippen LogP contribution in [0.3, 0.4) is 0 Å². The lowest BCUT2D eigenvalue weighted by Crippen LogP contribution is -2.12. The summed E-state index contributed by atoms with van der Waals surface area (Å²) in [5.41, 5.74) is 8.57. The van der Waals surface area contributed by atoms with Crippen molar-refractivity contribution in [1.29, 1.82) is 0 Å². The Morgan fingerprint density at radius 1 is 1.12 bits per heavy atom. The van der Waals surface area contributed by atoms with Gasteiger partial charge in [-0.25, -0.2) is 4.68 Å². The van der Waals surface area contributed by atoms with Gasteiger partial charge < -0.3 is 10.6 Å². The Morgan fingerprint density at radius 3 is 2.62 bits per heavy atom. The van der Waals surface area contributed by atoms with E-state index in [-0.39, 0.29) is 6.61 Å². The maximum Gasteiger partial charge on any atom is 0.204 e. The summed E-state index contributed by atoms with van der Waals surface area (Å²) in [6.07, 6.45) is 0. The maximum atomic E-state index is 5.60. The van der Waals surface area contributed by atoms with Crippen LogP contribution in [-0.2, 0) is 25.0 Å². The first-order valence-corrected chi connectivity index (χ1v) is 7.41. The second-order valence-electron chi connectivity index (χ2n) is 5.03. The second kappa shape index (κ2) is 7.42. The normalized spacial score (nSPS) is 11.5. The summed E-state index contributed by atoms with van der Waals surface area (Å²) >= 11 is 0. The number of benzene rings is 1. The molecule has 0 aliphatic rings. The van der Waals surface area contributed by atoms with Gasteiger partial charge >= 0.3 is 0 Å². The number of aromatic nitrogens is 5. The number of aryl methyl sites for hydroxylation is 1. The van der Waals surface area contributed by atoms with Gasteiger partial charge in [-0.15, -0.1) is 5.10 Å². The summed E-state index contributed by atoms with van der Waals surface area (Å²) in [5, 5.41) is 15.7. The van der Waals surface area contributed by atoms with Crippen molar-refractivity contribution >= 4 is 5.71 Å². The summed E-state index contributed by atoms with van der Waals surface area (Å²) < 4.78 is 1.54. The van der Waals surface area contributed by atoms with E-state index in [4.69, 9.17) is 10.6 Å². The zero-order chi connectivity index (χ0) is 16.8. The van der Waals surface area contributed by atoms with Gasteiger partial charge in [0.05, 0.1) is 11.4 Å². The van der Waals surface area contributed by atoms with Crippen LogP contribution in [0.25, 0.3) is 0 Å². The highest BCUT2D eigenvalue weighted by Gasteiger charge is 2.14. The molecule has 8 nitrogen and oxygen atoms in total. The molecule has 24 heavy (non-hydrogen) atoms. The molecule has 2 heterocycles. The van der Waals surface area contributed by atoms with Gasteiger partial charge in [0.1, 0.15) is 0 Å². The molecule has 2 N–H and O–H groups in total. The van der Waals surface area contributed by atoms with Gasteiger partial charge in [-0.2, -0.15) is 0 Å². The number of tetrazole rings is 1. The van der Waals surface area contributed by atoms with Crippen molar-refractivity contribution in [3.63, 3.8) is 0 Å². The molecule has 0 aliphatic carbocycles. The number of hydrogen-bond acceptors (Lipinski definition) is 7. The lowest BCUT2D eigenvalue weighted by Gasteiger charge is -2.06. The van der Waals surface area contributed by atoms with Gasteiger partial charge in [-0.3, -0.25) is 4.98 Å². The third-order valence-corrected chi connectivity index (χ3v) is 3.32. The SMILES string of the molecule is Cn1nnnc1C(=NOCc1cccc(CN)n1)c1ccccc1. The number of hydrogen-bond donors (Lipinski definition) is 1. The standard InChI is InChI=1S/C16H17N7O/c1-23-16(19-21-22-23)15(12-6-3-2-4-7-12)20-24-11-14-9-5-8-13(10-17)18-14/h2-9H,10-11,17H2,1H3. The van der Waals surface area contributed by atoms with Crippen LogP contribution < -0.4 is 5.73 Å². The quantitative estimate of drug-likeness (QED) is 0.537. The average molecular weight is 323 g/mol. The molecule has 0 saturated heterocycles. The maximum absolute atomic E-state index is 5.60. The van der Waals surface area contributed by atoms with E-state index in [1.165, 1.54) is 0 Å². The molecule has 0 atom stereocenters. The minimum atomic E-state index is 0.232. The number of nitrogens with two attached hydrogens (primary N) is 1. The topological polar surface area (TPSA) is 104 Å². The minimum absolute atomic E-state index is 0.232. The highest BCUT2D eigenvalue weighted by Crippen LogP contribution is 2.09. The molecule has 0 fully saturated rings. The molecule has 0 saturated carbocycles. The van der Waals surface area contributed by atoms with Crippen molar-refractivity contribution in [3.8, 4) is 0 Å². The fourth-order valence-electron chi connectivity index (χ4n) is 2.14. The summed E-state index contributed by atoms with van der Waals surface area (Å²) in [4.78, 5) is 9.87. The van der Waals surface area contributed by atoms with E-state index in [0.717, 1.165) is 17.0 Å². The lowest BCUT2D eigenvalue weighted by atomic mass is 10.1. The predicted octanol–water partition coefficient (Wildman–Crippen LogP) is 1.03. The monoisotopic (exact) mass is 323 g/mol. The molecule has 0 aliphatic heterocycles. The smallest absolute Gasteiger partial charge is 0.204 e. The second-order valence-corrected chi connectivity index (χ2v) is 5.03. The Balaban J connectivity index is 1.83. The summed E-state index contributed by atoms with van der Waals surface area (Å²) in [6, 6.07) is 15.2. The summed E-state index contributed by atoms with van der Waals surface area (Å²) in [5.74, 6) is 0.518. The average Bonchev–Trinajstić information content (AvgIpc) is 3.05. The van der Waals surface area contributed by atoms with Crippen molar-refractivity contribution in [2.24, 2.45) is 17.9 Å². The largest absolute Gasteiger partial charge is 0.389 e. The van der Waals surface area contributed by atoms with Gasteiger partial charge in [0, 0.05) is 19.2 Å². The predicted molar refractivity (Wildman–Crippen MR) is 87.8 cm³/mol. The summed E-state index contributed by atoms with van der Waals surface area (Å²) in [6.45, 7) is 0.617. The van der Waals surface area contributed by atoms with Crippen molar-refractivity contribution in [2.75, 3.05) is 0 Å². The fraction of sp³-hybridized carbons (Fsp3) is 0.188. The molecule has 3 rings (SSSR count). The van der Waals surface area contributed by atoms with Crippen LogP contribution in [0.15, 0.2) is 53.7 Å². The van der Waals surface area contributed by atoms with Crippen molar-refractivity contribution in [2.45, 2.75) is 13.2 Å². The Bertz CT molecular complexity index is 829. The Labute approximate surface area is 139 Å². The van der Waals surface area contributed by atoms with Crippen LogP contribution in [0.2, 0.25) is 0 Å². The number of nitrogens with zero attached hydrogens (tertiary/aromatic N) is 6. The van der Waals surface area contributed by atoms with Crippen LogP contribution in [0.5, 0.6) is 0 Å². The first-order chi connectivity index (χ1) is 11.8. The van der Waals surface area contributed by atoms with Gasteiger partial charge in [0.15, 0.2) is 12.3 Å². The number of rotatable bonds is 6. The summed E-state index contributed by atoms with van der Waals surface area (Å²) in [7, 11) is 1.75. The van der Waals surface area contributed by atoms with Crippen LogP contribution in [0.1, 0.15) is 22.8 Å². The molecule has 0 amide bonds. The van der Waals surface area contributed by atoms with Crippen LogP contribution in [0, 0.1) is 0 Å². The fourth-order valence-corrected chi connectivity index (χ4v) is 2.14. The Kier molecular flexibility index (Phi) is 4.87. The van der Waals surface area contributed by atoms with Gasteiger partial charge in [-0.05, 0) is 22.6 Å². The Morgan fingerprint density at radius 2 is 1.92 bits per heavy atom. The van der Waals surface area contributed by atoms with E-state index in [1.54, 1.807) is 11.7 Å². The first kappa shape index (κ1) is 15.8. The molecule has 1 aromatic carbocycles. The zero-order valence-corrected chi connectivity index (χ0v) is 13.2. The van der Waals surface area contributed by atoms with Crippen LogP contribution in [0.4, 0.5) is 0 Å². The van der Waals surface area contributed by atoms with E-state index in [9.17, 15) is 0 Å². The van der Waals surface area contributed by atoms with Crippen molar-refractivity contribution in [1.82, 2.24) is 25.2 Å². The van der Waals surface area contributed by atoms with Crippen molar-refractivity contribution in [3.05, 3.63) is 71.3 Å². The van der Waals surface area contributed by atoms with Crippen LogP contribution >= 0.6 is 0 Å². The molecule has 0 radical (unpaired) electrons. The Hall–Kier alpha value is -3.13. The molecule has 0 unspecified atom stereocenters. The lowest BCUT2D eigenvalue weighted by molar-refractivity contribution is 0.127. The molecule has 2 aromatic heterocycles. The molecule has 0 spiro atoms. The molecular weight excluding hydrogens is 306 g/mol. The third-order valence-electron chi connectivity index (χ3n) is 3.32. The van der Waals surface area contributed by atoms with E-state index in [0.29, 0.717) is 18.1 Å². The van der Waals surface area contributed by atoms with Gasteiger partial charge in [0.25, 0.3) is 0 Å². The number of oxime groups is 1. The highest BCUT2D eigenvalue weighted by molar-refractivity contribution is 6.10. The van der Waals surface area contributed by atoms with Gasteiger partial charge in [-0.1, -0.05) is 41.6 Å². The van der Waals surface area contributed by atoms with Crippen molar-refractivity contribution < 1.29 is 4.84 Å². The van der Waals surface area contributed by atoms with Crippen LogP contribution in [-0.4, -0.2) is 30.9 Å². The third kappa shape index (κ3) is 3.61. The van der Waals surface area contributed by atoms with E-state index in [2.05, 4.69) is 25.7 Å². The minimum Gasteiger partial charge on any atom is -0.389 e. The van der Waals surface area contributed by atoms with Gasteiger partial charge in [0.2, 0.25) is 5.82 Å². The van der Waals surface area contributed by atoms with E-state index < -0.39 is 0 Å². The number of pyridine rings is 1.